The van der Waals surface area contributed by atoms with Crippen molar-refractivity contribution in [1.29, 1.82) is 10.5 Å². The highest BCUT2D eigenvalue weighted by Gasteiger charge is 2.91. The number of ether oxygens (including phenoxy) is 1. The lowest BCUT2D eigenvalue weighted by Gasteiger charge is -2.32. The molecule has 1 aliphatic carbocycles. The van der Waals surface area contributed by atoms with Crippen molar-refractivity contribution < 1.29 is 4.74 Å². The average molecular weight is 415 g/mol. The summed E-state index contributed by atoms with van der Waals surface area (Å²) in [6.07, 6.45) is 1.95. The topological polar surface area (TPSA) is 95.2 Å². The Morgan fingerprint density at radius 2 is 1.68 bits per heavy atom. The molecule has 148 valence electrons. The van der Waals surface area contributed by atoms with Gasteiger partial charge in [-0.3, -0.25) is 0 Å². The molecule has 1 heterocycles. The molecule has 2 aliphatic rings. The van der Waals surface area contributed by atoms with E-state index in [4.69, 9.17) is 15.5 Å². The van der Waals surface area contributed by atoms with Crippen LogP contribution in [0.15, 0.2) is 29.3 Å². The Morgan fingerprint density at radius 1 is 1.07 bits per heavy atom. The molecule has 0 aromatic heterocycles. The standard InChI is InChI=1S/C21H26N4OS2/c1-4-11-27-21(28-12-5-2)20(14-23)17(19(20,13-22)18(24)25-21)15-7-9-16(10-8-15)26-6-3/h7-10,17H,4-6,11-12H2,1-3H3,(H2,24,25). The maximum absolute atomic E-state index is 10.4. The van der Waals surface area contributed by atoms with Crippen molar-refractivity contribution >= 4 is 29.4 Å². The third-order valence-corrected chi connectivity index (χ3v) is 9.00. The zero-order valence-electron chi connectivity index (χ0n) is 16.6. The number of amidine groups is 1. The maximum atomic E-state index is 10.4. The molecule has 0 spiro atoms. The third kappa shape index (κ3) is 2.64. The lowest BCUT2D eigenvalue weighted by molar-refractivity contribution is 0.340. The van der Waals surface area contributed by atoms with E-state index in [-0.39, 0.29) is 5.92 Å². The van der Waals surface area contributed by atoms with Gasteiger partial charge in [0.25, 0.3) is 0 Å². The summed E-state index contributed by atoms with van der Waals surface area (Å²) in [7, 11) is 0. The summed E-state index contributed by atoms with van der Waals surface area (Å²) in [5, 5.41) is 20.6. The minimum Gasteiger partial charge on any atom is -0.494 e. The van der Waals surface area contributed by atoms with Crippen LogP contribution in [0.4, 0.5) is 0 Å². The Balaban J connectivity index is 2.09. The molecule has 7 heteroatoms. The van der Waals surface area contributed by atoms with Gasteiger partial charge in [-0.05, 0) is 49.0 Å². The van der Waals surface area contributed by atoms with Crippen LogP contribution in [0, 0.1) is 33.5 Å². The van der Waals surface area contributed by atoms with E-state index < -0.39 is 15.0 Å². The summed E-state index contributed by atoms with van der Waals surface area (Å²) in [6.45, 7) is 6.76. The number of fused-ring (bicyclic) bond motifs is 1. The van der Waals surface area contributed by atoms with Crippen LogP contribution < -0.4 is 10.5 Å². The van der Waals surface area contributed by atoms with Gasteiger partial charge in [0.1, 0.15) is 22.4 Å². The molecule has 2 N–H and O–H groups in total. The Kier molecular flexibility index (Phi) is 5.89. The van der Waals surface area contributed by atoms with Crippen LogP contribution in [-0.2, 0) is 0 Å². The van der Waals surface area contributed by atoms with Gasteiger partial charge in [0.2, 0.25) is 0 Å². The third-order valence-electron chi connectivity index (χ3n) is 5.46. The first-order valence-electron chi connectivity index (χ1n) is 9.72. The van der Waals surface area contributed by atoms with Gasteiger partial charge in [-0.2, -0.15) is 10.5 Å². The summed E-state index contributed by atoms with van der Waals surface area (Å²) in [6, 6.07) is 12.7. The van der Waals surface area contributed by atoms with Crippen molar-refractivity contribution in [2.45, 2.75) is 43.7 Å². The SMILES string of the molecule is CCCSC1(SCCC)N=C(N)C2(C#N)C(c3ccc(OCC)cc3)C12C#N. The van der Waals surface area contributed by atoms with Crippen molar-refractivity contribution in [2.24, 2.45) is 21.6 Å². The average Bonchev–Trinajstić information content (AvgIpc) is 3.29. The molecule has 28 heavy (non-hydrogen) atoms. The molecular formula is C21H26N4OS2. The molecule has 0 bridgehead atoms. The minimum atomic E-state index is -1.06. The fourth-order valence-electron chi connectivity index (χ4n) is 4.26. The van der Waals surface area contributed by atoms with Gasteiger partial charge < -0.3 is 10.5 Å². The number of nitriles is 2. The highest BCUT2D eigenvalue weighted by molar-refractivity contribution is 8.18. The van der Waals surface area contributed by atoms with Crippen molar-refractivity contribution in [2.75, 3.05) is 18.1 Å². The summed E-state index contributed by atoms with van der Waals surface area (Å²) in [4.78, 5) is 4.79. The molecule has 1 fully saturated rings. The van der Waals surface area contributed by atoms with E-state index >= 15 is 0 Å². The second kappa shape index (κ2) is 7.89. The summed E-state index contributed by atoms with van der Waals surface area (Å²) >= 11 is 3.34. The number of rotatable bonds is 9. The van der Waals surface area contributed by atoms with Crippen LogP contribution in [0.1, 0.15) is 45.1 Å². The second-order valence-corrected chi connectivity index (χ2v) is 9.88. The number of nitrogens with zero attached hydrogens (tertiary/aromatic N) is 3. The molecule has 3 unspecified atom stereocenters. The van der Waals surface area contributed by atoms with Gasteiger partial charge >= 0.3 is 0 Å². The smallest absolute Gasteiger partial charge is 0.175 e. The number of nitrogens with two attached hydrogens (primary N) is 1. The minimum absolute atomic E-state index is 0.281. The molecular weight excluding hydrogens is 388 g/mol. The quantitative estimate of drug-likeness (QED) is 0.597. The van der Waals surface area contributed by atoms with Crippen LogP contribution in [0.25, 0.3) is 0 Å². The van der Waals surface area contributed by atoms with Crippen molar-refractivity contribution in [1.82, 2.24) is 0 Å². The van der Waals surface area contributed by atoms with Crippen LogP contribution in [-0.4, -0.2) is 28.2 Å². The van der Waals surface area contributed by atoms with E-state index in [1.54, 1.807) is 23.5 Å². The highest BCUT2D eigenvalue weighted by atomic mass is 32.2. The van der Waals surface area contributed by atoms with E-state index in [0.29, 0.717) is 12.4 Å². The van der Waals surface area contributed by atoms with E-state index in [9.17, 15) is 10.5 Å². The van der Waals surface area contributed by atoms with Crippen molar-refractivity contribution in [3.63, 3.8) is 0 Å². The van der Waals surface area contributed by atoms with E-state index in [1.807, 2.05) is 31.2 Å². The van der Waals surface area contributed by atoms with Crippen LogP contribution in [0.3, 0.4) is 0 Å². The molecule has 3 atom stereocenters. The number of benzene rings is 1. The summed E-state index contributed by atoms with van der Waals surface area (Å²) < 4.78 is 4.80. The first-order valence-corrected chi connectivity index (χ1v) is 11.7. The molecule has 1 aromatic rings. The number of hydrogen-bond acceptors (Lipinski definition) is 7. The molecule has 0 saturated heterocycles. The maximum Gasteiger partial charge on any atom is 0.175 e. The number of thioether (sulfide) groups is 2. The Morgan fingerprint density at radius 3 is 2.14 bits per heavy atom. The van der Waals surface area contributed by atoms with Crippen LogP contribution >= 0.6 is 23.5 Å². The highest BCUT2D eigenvalue weighted by Crippen LogP contribution is 2.85. The van der Waals surface area contributed by atoms with Crippen LogP contribution in [0.2, 0.25) is 0 Å². The van der Waals surface area contributed by atoms with Crippen molar-refractivity contribution in [3.8, 4) is 17.9 Å². The zero-order valence-corrected chi connectivity index (χ0v) is 18.2. The summed E-state index contributed by atoms with van der Waals surface area (Å²) in [5.74, 6) is 2.55. The molecule has 0 amide bonds. The Hall–Kier alpha value is -1.83. The normalized spacial score (nSPS) is 29.3. The largest absolute Gasteiger partial charge is 0.494 e. The van der Waals surface area contributed by atoms with Gasteiger partial charge in [0.05, 0.1) is 18.7 Å². The Bertz CT molecular complexity index is 833. The van der Waals surface area contributed by atoms with Gasteiger partial charge in [0.15, 0.2) is 4.20 Å². The van der Waals surface area contributed by atoms with E-state index in [2.05, 4.69) is 26.0 Å². The predicted molar refractivity (Wildman–Crippen MR) is 116 cm³/mol. The van der Waals surface area contributed by atoms with Gasteiger partial charge in [-0.25, -0.2) is 4.99 Å². The number of aliphatic imine (C=N–C) groups is 1. The molecule has 3 rings (SSSR count). The fraction of sp³-hybridized carbons (Fsp3) is 0.571. The van der Waals surface area contributed by atoms with Crippen LogP contribution in [0.5, 0.6) is 5.75 Å². The summed E-state index contributed by atoms with van der Waals surface area (Å²) in [5.41, 5.74) is 5.31. The lowest BCUT2D eigenvalue weighted by atomic mass is 9.97. The van der Waals surface area contributed by atoms with Gasteiger partial charge in [-0.1, -0.05) is 26.0 Å². The molecule has 0 radical (unpaired) electrons. The first-order chi connectivity index (χ1) is 13.5. The monoisotopic (exact) mass is 414 g/mol. The Labute approximate surface area is 175 Å². The van der Waals surface area contributed by atoms with Crippen molar-refractivity contribution in [3.05, 3.63) is 29.8 Å². The van der Waals surface area contributed by atoms with E-state index in [0.717, 1.165) is 35.7 Å². The zero-order chi connectivity index (χ0) is 20.4. The fourth-order valence-corrected chi connectivity index (χ4v) is 7.49. The molecule has 5 nitrogen and oxygen atoms in total. The van der Waals surface area contributed by atoms with E-state index in [1.165, 1.54) is 0 Å². The molecule has 1 aromatic carbocycles. The predicted octanol–water partition coefficient (Wildman–Crippen LogP) is 4.51. The van der Waals surface area contributed by atoms with Gasteiger partial charge in [-0.15, -0.1) is 23.5 Å². The molecule has 1 saturated carbocycles. The molecule has 1 aliphatic heterocycles. The number of hydrogen-bond donors (Lipinski definition) is 1. The lowest BCUT2D eigenvalue weighted by Crippen LogP contribution is -2.32. The second-order valence-electron chi connectivity index (χ2n) is 7.05. The first kappa shape index (κ1) is 20.9. The van der Waals surface area contributed by atoms with Gasteiger partial charge in [0, 0.05) is 5.92 Å².